The second kappa shape index (κ2) is 9.82. The summed E-state index contributed by atoms with van der Waals surface area (Å²) in [5, 5.41) is 15.3. The maximum absolute atomic E-state index is 13.5. The molecule has 1 amide bonds. The number of fused-ring (bicyclic) bond motifs is 1. The van der Waals surface area contributed by atoms with Gasteiger partial charge in [0.05, 0.1) is 29.4 Å². The van der Waals surface area contributed by atoms with E-state index < -0.39 is 0 Å². The molecule has 0 bridgehead atoms. The number of halogens is 1. The molecule has 4 aromatic rings. The summed E-state index contributed by atoms with van der Waals surface area (Å²) in [5.41, 5.74) is 5.41. The van der Waals surface area contributed by atoms with E-state index in [0.717, 1.165) is 61.6 Å². The Hall–Kier alpha value is -4.01. The van der Waals surface area contributed by atoms with Gasteiger partial charge >= 0.3 is 0 Å². The molecular weight excluding hydrogens is 541 g/mol. The Kier molecular flexibility index (Phi) is 6.21. The average Bonchev–Trinajstić information content (AvgIpc) is 3.70. The van der Waals surface area contributed by atoms with E-state index in [1.165, 1.54) is 23.5 Å². The van der Waals surface area contributed by atoms with Gasteiger partial charge in [-0.05, 0) is 49.2 Å². The normalized spacial score (nSPS) is 19.3. The summed E-state index contributed by atoms with van der Waals surface area (Å²) in [6.45, 7) is 6.82. The standard InChI is InChI=1S/C30H30FN7O2S/c1-3-23-27(35(2)29-33-26(25(13-32)41-29)19-4-6-21(31)7-5-19)24-12-22(8-10-38(24)34-23)36-15-30(16-36)17-37(18-30)28(39)20-9-11-40-14-20/h4-8,10,12,20H,3,9,11,14-18H2,1-2H3/t20-/m1/s1. The van der Waals surface area contributed by atoms with Crippen LogP contribution in [0, 0.1) is 28.5 Å². The Labute approximate surface area is 241 Å². The molecule has 1 spiro atoms. The number of nitriles is 1. The van der Waals surface area contributed by atoms with Gasteiger partial charge in [0, 0.05) is 62.7 Å². The molecule has 9 nitrogen and oxygen atoms in total. The fourth-order valence-corrected chi connectivity index (χ4v) is 7.20. The molecule has 7 rings (SSSR count). The zero-order chi connectivity index (χ0) is 28.3. The number of likely N-dealkylation sites (tertiary alicyclic amines) is 1. The molecule has 1 aromatic carbocycles. The van der Waals surface area contributed by atoms with E-state index in [2.05, 4.69) is 30.0 Å². The number of benzene rings is 1. The van der Waals surface area contributed by atoms with E-state index in [9.17, 15) is 14.4 Å². The molecule has 41 heavy (non-hydrogen) atoms. The summed E-state index contributed by atoms with van der Waals surface area (Å²) >= 11 is 1.31. The predicted molar refractivity (Wildman–Crippen MR) is 155 cm³/mol. The number of nitrogens with zero attached hydrogens (tertiary/aromatic N) is 7. The third-order valence-corrected chi connectivity index (χ3v) is 9.55. The van der Waals surface area contributed by atoms with Crippen LogP contribution in [0.1, 0.15) is 23.9 Å². The molecule has 3 fully saturated rings. The number of thiazole rings is 1. The van der Waals surface area contributed by atoms with Gasteiger partial charge in [-0.25, -0.2) is 13.9 Å². The number of amides is 1. The Morgan fingerprint density at radius 1 is 1.24 bits per heavy atom. The van der Waals surface area contributed by atoms with Crippen LogP contribution in [0.4, 0.5) is 20.9 Å². The molecular formula is C30H30FN7O2S. The summed E-state index contributed by atoms with van der Waals surface area (Å²) in [6, 6.07) is 12.6. The molecule has 11 heteroatoms. The third kappa shape index (κ3) is 4.33. The monoisotopic (exact) mass is 571 g/mol. The smallest absolute Gasteiger partial charge is 0.228 e. The second-order valence-corrected chi connectivity index (χ2v) is 12.3. The first kappa shape index (κ1) is 25.9. The number of pyridine rings is 1. The maximum Gasteiger partial charge on any atom is 0.228 e. The fourth-order valence-electron chi connectivity index (χ4n) is 6.35. The van der Waals surface area contributed by atoms with Gasteiger partial charge in [-0.3, -0.25) is 4.79 Å². The highest BCUT2D eigenvalue weighted by atomic mass is 32.1. The van der Waals surface area contributed by atoms with Crippen LogP contribution in [0.5, 0.6) is 0 Å². The SMILES string of the molecule is CCc1nn2ccc(N3CC4(CN(C(=O)[C@@H]5CCOC5)C4)C3)cc2c1N(C)c1nc(-c2ccc(F)cc2)c(C#N)s1. The zero-order valence-electron chi connectivity index (χ0n) is 23.0. The van der Waals surface area contributed by atoms with Crippen LogP contribution in [0.2, 0.25) is 0 Å². The number of rotatable bonds is 6. The topological polar surface area (TPSA) is 90.0 Å². The summed E-state index contributed by atoms with van der Waals surface area (Å²) in [6.07, 6.45) is 3.57. The van der Waals surface area contributed by atoms with Gasteiger partial charge in [0.15, 0.2) is 5.13 Å². The first-order chi connectivity index (χ1) is 19.9. The fraction of sp³-hybridized carbons (Fsp3) is 0.400. The van der Waals surface area contributed by atoms with Crippen LogP contribution >= 0.6 is 11.3 Å². The van der Waals surface area contributed by atoms with E-state index >= 15 is 0 Å². The van der Waals surface area contributed by atoms with Crippen molar-refractivity contribution in [2.45, 2.75) is 19.8 Å². The van der Waals surface area contributed by atoms with E-state index in [-0.39, 0.29) is 23.1 Å². The minimum absolute atomic E-state index is 0.0322. The number of hydrogen-bond donors (Lipinski definition) is 0. The van der Waals surface area contributed by atoms with E-state index in [1.54, 1.807) is 12.1 Å². The van der Waals surface area contributed by atoms with Gasteiger partial charge < -0.3 is 19.4 Å². The van der Waals surface area contributed by atoms with Crippen molar-refractivity contribution in [2.24, 2.45) is 11.3 Å². The van der Waals surface area contributed by atoms with E-state index in [0.29, 0.717) is 34.5 Å². The minimum Gasteiger partial charge on any atom is -0.381 e. The van der Waals surface area contributed by atoms with Crippen molar-refractivity contribution in [2.75, 3.05) is 56.2 Å². The molecule has 0 saturated carbocycles. The molecule has 0 aliphatic carbocycles. The molecule has 210 valence electrons. The lowest BCUT2D eigenvalue weighted by atomic mass is 9.72. The lowest BCUT2D eigenvalue weighted by molar-refractivity contribution is -0.149. The van der Waals surface area contributed by atoms with Crippen molar-refractivity contribution in [3.8, 4) is 17.3 Å². The van der Waals surface area contributed by atoms with Gasteiger partial charge in [0.1, 0.15) is 22.5 Å². The maximum atomic E-state index is 13.5. The van der Waals surface area contributed by atoms with Crippen LogP contribution in [0.3, 0.4) is 0 Å². The third-order valence-electron chi connectivity index (χ3n) is 8.52. The largest absolute Gasteiger partial charge is 0.381 e. The van der Waals surface area contributed by atoms with Crippen molar-refractivity contribution in [3.05, 3.63) is 59.0 Å². The van der Waals surface area contributed by atoms with Gasteiger partial charge in [-0.2, -0.15) is 10.4 Å². The number of aryl methyl sites for hydroxylation is 1. The predicted octanol–water partition coefficient (Wildman–Crippen LogP) is 4.48. The van der Waals surface area contributed by atoms with Gasteiger partial charge in [0.25, 0.3) is 0 Å². The van der Waals surface area contributed by atoms with Gasteiger partial charge in [-0.1, -0.05) is 18.3 Å². The van der Waals surface area contributed by atoms with Crippen molar-refractivity contribution >= 4 is 39.3 Å². The number of ether oxygens (including phenoxy) is 1. The van der Waals surface area contributed by atoms with Gasteiger partial charge in [0.2, 0.25) is 5.91 Å². The van der Waals surface area contributed by atoms with Crippen LogP contribution in [-0.4, -0.2) is 71.8 Å². The number of carbonyl (C=O) groups is 1. The quantitative estimate of drug-likeness (QED) is 0.337. The molecule has 3 aliphatic rings. The summed E-state index contributed by atoms with van der Waals surface area (Å²) in [7, 11) is 1.95. The van der Waals surface area contributed by atoms with E-state index in [4.69, 9.17) is 14.8 Å². The van der Waals surface area contributed by atoms with Crippen LogP contribution < -0.4 is 9.80 Å². The molecule has 0 radical (unpaired) electrons. The summed E-state index contributed by atoms with van der Waals surface area (Å²) < 4.78 is 20.8. The average molecular weight is 572 g/mol. The lowest BCUT2D eigenvalue weighted by Crippen LogP contribution is -2.73. The molecule has 3 aliphatic heterocycles. The molecule has 6 heterocycles. The Balaban J connectivity index is 1.13. The molecule has 0 unspecified atom stereocenters. The number of aromatic nitrogens is 3. The molecule has 0 N–H and O–H groups in total. The highest BCUT2D eigenvalue weighted by Gasteiger charge is 2.54. The van der Waals surface area contributed by atoms with Gasteiger partial charge in [-0.15, -0.1) is 0 Å². The van der Waals surface area contributed by atoms with Crippen LogP contribution in [0.25, 0.3) is 16.8 Å². The molecule has 3 saturated heterocycles. The van der Waals surface area contributed by atoms with Crippen LogP contribution in [-0.2, 0) is 16.0 Å². The minimum atomic E-state index is -0.329. The summed E-state index contributed by atoms with van der Waals surface area (Å²) in [4.78, 5) is 24.4. The molecule has 3 aromatic heterocycles. The second-order valence-electron chi connectivity index (χ2n) is 11.3. The molecule has 1 atom stereocenters. The van der Waals surface area contributed by atoms with E-state index in [1.807, 2.05) is 27.6 Å². The number of carbonyl (C=O) groups excluding carboxylic acids is 1. The Morgan fingerprint density at radius 2 is 2.02 bits per heavy atom. The first-order valence-corrected chi connectivity index (χ1v) is 14.7. The Morgan fingerprint density at radius 3 is 2.71 bits per heavy atom. The highest BCUT2D eigenvalue weighted by Crippen LogP contribution is 2.44. The zero-order valence-corrected chi connectivity index (χ0v) is 23.8. The Bertz CT molecular complexity index is 1670. The van der Waals surface area contributed by atoms with Crippen molar-refractivity contribution < 1.29 is 13.9 Å². The number of anilines is 3. The number of hydrogen-bond acceptors (Lipinski definition) is 8. The van der Waals surface area contributed by atoms with Crippen LogP contribution in [0.15, 0.2) is 42.6 Å². The first-order valence-electron chi connectivity index (χ1n) is 13.9. The van der Waals surface area contributed by atoms with Crippen molar-refractivity contribution in [1.82, 2.24) is 19.5 Å². The lowest BCUT2D eigenvalue weighted by Gasteiger charge is -2.61. The summed E-state index contributed by atoms with van der Waals surface area (Å²) in [5.74, 6) is -0.0498. The van der Waals surface area contributed by atoms with Crippen molar-refractivity contribution in [3.63, 3.8) is 0 Å². The highest BCUT2D eigenvalue weighted by molar-refractivity contribution is 7.16. The van der Waals surface area contributed by atoms with Crippen molar-refractivity contribution in [1.29, 1.82) is 5.26 Å².